The number of amides is 1. The van der Waals surface area contributed by atoms with Crippen molar-refractivity contribution in [2.45, 2.75) is 26.3 Å². The Hall–Kier alpha value is -1.92. The largest absolute Gasteiger partial charge is 0.381 e. The van der Waals surface area contributed by atoms with E-state index in [1.54, 1.807) is 0 Å². The normalized spacial score (nSPS) is 17.5. The molecule has 1 aliphatic heterocycles. The van der Waals surface area contributed by atoms with Gasteiger partial charge in [0.1, 0.15) is 5.82 Å². The molecule has 1 amide bonds. The van der Waals surface area contributed by atoms with Gasteiger partial charge in [-0.25, -0.2) is 4.98 Å². The van der Waals surface area contributed by atoms with Crippen molar-refractivity contribution in [3.8, 4) is 0 Å². The van der Waals surface area contributed by atoms with Crippen LogP contribution in [0.25, 0.3) is 11.0 Å². The van der Waals surface area contributed by atoms with E-state index >= 15 is 0 Å². The van der Waals surface area contributed by atoms with Gasteiger partial charge in [0.25, 0.3) is 0 Å². The smallest absolute Gasteiger partial charge is 0.228 e. The van der Waals surface area contributed by atoms with E-state index in [4.69, 9.17) is 10.5 Å². The number of aromatic nitrogens is 2. The molecule has 0 aliphatic carbocycles. The number of aromatic amines is 1. The second-order valence-electron chi connectivity index (χ2n) is 5.98. The highest BCUT2D eigenvalue weighted by Gasteiger charge is 2.38. The number of H-pyrrole nitrogens is 1. The average molecular weight is 302 g/mol. The number of carbonyl (C=O) groups excluding carboxylic acids is 1. The van der Waals surface area contributed by atoms with Crippen molar-refractivity contribution in [2.75, 3.05) is 19.8 Å². The molecule has 0 spiro atoms. The molecule has 6 heteroatoms. The van der Waals surface area contributed by atoms with Crippen LogP contribution in [0.3, 0.4) is 0 Å². The van der Waals surface area contributed by atoms with Crippen LogP contribution in [0.2, 0.25) is 0 Å². The average Bonchev–Trinajstić information content (AvgIpc) is 2.95. The molecule has 0 radical (unpaired) electrons. The number of nitrogens with two attached hydrogens (primary N) is 1. The van der Waals surface area contributed by atoms with E-state index in [0.29, 0.717) is 39.1 Å². The Balaban J connectivity index is 1.68. The van der Waals surface area contributed by atoms with Gasteiger partial charge in [-0.15, -0.1) is 0 Å². The fourth-order valence-corrected chi connectivity index (χ4v) is 2.90. The lowest BCUT2D eigenvalue weighted by Crippen LogP contribution is -2.49. The number of carbonyl (C=O) groups is 1. The number of nitrogens with zero attached hydrogens (tertiary/aromatic N) is 1. The van der Waals surface area contributed by atoms with Gasteiger partial charge >= 0.3 is 0 Å². The molecule has 1 aromatic heterocycles. The highest BCUT2D eigenvalue weighted by atomic mass is 16.5. The topological polar surface area (TPSA) is 93.0 Å². The number of benzene rings is 1. The molecule has 0 saturated carbocycles. The highest BCUT2D eigenvalue weighted by molar-refractivity contribution is 5.83. The summed E-state index contributed by atoms with van der Waals surface area (Å²) in [6.45, 7) is 3.96. The van der Waals surface area contributed by atoms with Crippen molar-refractivity contribution in [2.24, 2.45) is 11.1 Å². The number of imidazole rings is 1. The van der Waals surface area contributed by atoms with E-state index in [2.05, 4.69) is 15.3 Å². The summed E-state index contributed by atoms with van der Waals surface area (Å²) in [5.41, 5.74) is 8.43. The van der Waals surface area contributed by atoms with Gasteiger partial charge in [-0.05, 0) is 37.5 Å². The lowest BCUT2D eigenvalue weighted by molar-refractivity contribution is -0.136. The van der Waals surface area contributed by atoms with Crippen LogP contribution in [0.4, 0.5) is 0 Å². The van der Waals surface area contributed by atoms with Crippen LogP contribution >= 0.6 is 0 Å². The number of hydrogen-bond donors (Lipinski definition) is 3. The molecule has 4 N–H and O–H groups in total. The van der Waals surface area contributed by atoms with Gasteiger partial charge in [-0.2, -0.15) is 0 Å². The van der Waals surface area contributed by atoms with E-state index in [1.807, 2.05) is 25.1 Å². The Morgan fingerprint density at radius 3 is 2.95 bits per heavy atom. The first-order chi connectivity index (χ1) is 10.6. The standard InChI is InChI=1S/C16H22N4O2/c1-11-2-3-12-13(8-11)20-14(19-12)9-18-15(21)16(10-17)4-6-22-7-5-16/h2-3,8H,4-7,9-10,17H2,1H3,(H,18,21)(H,19,20). The second kappa shape index (κ2) is 6.06. The van der Waals surface area contributed by atoms with Crippen LogP contribution < -0.4 is 11.1 Å². The number of rotatable bonds is 4. The first-order valence-corrected chi connectivity index (χ1v) is 7.64. The van der Waals surface area contributed by atoms with Gasteiger partial charge in [0.2, 0.25) is 5.91 Å². The minimum absolute atomic E-state index is 0.00469. The molecule has 22 heavy (non-hydrogen) atoms. The molecule has 6 nitrogen and oxygen atoms in total. The number of fused-ring (bicyclic) bond motifs is 1. The van der Waals surface area contributed by atoms with E-state index in [0.717, 1.165) is 16.9 Å². The molecule has 0 atom stereocenters. The van der Waals surface area contributed by atoms with Crippen LogP contribution in [-0.4, -0.2) is 35.6 Å². The quantitative estimate of drug-likeness (QED) is 0.792. The third kappa shape index (κ3) is 2.84. The van der Waals surface area contributed by atoms with Gasteiger partial charge in [-0.3, -0.25) is 4.79 Å². The maximum absolute atomic E-state index is 12.5. The summed E-state index contributed by atoms with van der Waals surface area (Å²) in [5, 5.41) is 2.97. The minimum Gasteiger partial charge on any atom is -0.381 e. The van der Waals surface area contributed by atoms with Crippen molar-refractivity contribution in [1.29, 1.82) is 0 Å². The molecule has 1 aromatic carbocycles. The summed E-state index contributed by atoms with van der Waals surface area (Å²) >= 11 is 0. The molecule has 1 aliphatic rings. The summed E-state index contributed by atoms with van der Waals surface area (Å²) in [4.78, 5) is 20.2. The third-order valence-electron chi connectivity index (χ3n) is 4.43. The number of ether oxygens (including phenoxy) is 1. The monoisotopic (exact) mass is 302 g/mol. The van der Waals surface area contributed by atoms with Crippen molar-refractivity contribution in [3.63, 3.8) is 0 Å². The predicted octanol–water partition coefficient (Wildman–Crippen LogP) is 1.24. The molecule has 1 fully saturated rings. The zero-order valence-corrected chi connectivity index (χ0v) is 12.8. The third-order valence-corrected chi connectivity index (χ3v) is 4.43. The fourth-order valence-electron chi connectivity index (χ4n) is 2.90. The highest BCUT2D eigenvalue weighted by Crippen LogP contribution is 2.29. The lowest BCUT2D eigenvalue weighted by Gasteiger charge is -2.34. The summed E-state index contributed by atoms with van der Waals surface area (Å²) in [7, 11) is 0. The number of hydrogen-bond acceptors (Lipinski definition) is 4. The lowest BCUT2D eigenvalue weighted by atomic mass is 9.79. The summed E-state index contributed by atoms with van der Waals surface area (Å²) in [5.74, 6) is 0.753. The van der Waals surface area contributed by atoms with Crippen LogP contribution in [0.1, 0.15) is 24.2 Å². The summed E-state index contributed by atoms with van der Waals surface area (Å²) in [6.07, 6.45) is 1.35. The number of nitrogens with one attached hydrogen (secondary N) is 2. The predicted molar refractivity (Wildman–Crippen MR) is 84.2 cm³/mol. The molecule has 3 rings (SSSR count). The molecule has 0 unspecified atom stereocenters. The van der Waals surface area contributed by atoms with Crippen molar-refractivity contribution >= 4 is 16.9 Å². The number of aryl methyl sites for hydroxylation is 1. The Bertz CT molecular complexity index is 674. The van der Waals surface area contributed by atoms with Gasteiger partial charge in [0.05, 0.1) is 23.0 Å². The van der Waals surface area contributed by atoms with E-state index in [9.17, 15) is 4.79 Å². The molecule has 0 bridgehead atoms. The SMILES string of the molecule is Cc1ccc2nc(CNC(=O)C3(CN)CCOCC3)[nH]c2c1. The maximum atomic E-state index is 12.5. The van der Waals surface area contributed by atoms with E-state index in [1.165, 1.54) is 5.56 Å². The van der Waals surface area contributed by atoms with Crippen molar-refractivity contribution in [3.05, 3.63) is 29.6 Å². The Labute approximate surface area is 129 Å². The summed E-state index contributed by atoms with van der Waals surface area (Å²) in [6, 6.07) is 6.05. The van der Waals surface area contributed by atoms with Gasteiger partial charge in [-0.1, -0.05) is 6.07 Å². The molecule has 1 saturated heterocycles. The molecular weight excluding hydrogens is 280 g/mol. The second-order valence-corrected chi connectivity index (χ2v) is 5.98. The molecular formula is C16H22N4O2. The van der Waals surface area contributed by atoms with E-state index in [-0.39, 0.29) is 5.91 Å². The van der Waals surface area contributed by atoms with Crippen LogP contribution in [0.15, 0.2) is 18.2 Å². The van der Waals surface area contributed by atoms with Crippen molar-refractivity contribution in [1.82, 2.24) is 15.3 Å². The van der Waals surface area contributed by atoms with Crippen LogP contribution in [0, 0.1) is 12.3 Å². The van der Waals surface area contributed by atoms with Crippen LogP contribution in [0.5, 0.6) is 0 Å². The van der Waals surface area contributed by atoms with E-state index < -0.39 is 5.41 Å². The minimum atomic E-state index is -0.499. The molecule has 2 heterocycles. The Morgan fingerprint density at radius 2 is 2.23 bits per heavy atom. The first-order valence-electron chi connectivity index (χ1n) is 7.64. The fraction of sp³-hybridized carbons (Fsp3) is 0.500. The molecule has 2 aromatic rings. The van der Waals surface area contributed by atoms with Gasteiger partial charge < -0.3 is 20.8 Å². The van der Waals surface area contributed by atoms with Gasteiger partial charge in [0.15, 0.2) is 0 Å². The maximum Gasteiger partial charge on any atom is 0.228 e. The zero-order valence-electron chi connectivity index (χ0n) is 12.8. The van der Waals surface area contributed by atoms with Crippen molar-refractivity contribution < 1.29 is 9.53 Å². The van der Waals surface area contributed by atoms with Gasteiger partial charge in [0, 0.05) is 19.8 Å². The zero-order chi connectivity index (χ0) is 15.6. The molecule has 118 valence electrons. The summed E-state index contributed by atoms with van der Waals surface area (Å²) < 4.78 is 5.34. The first kappa shape index (κ1) is 15.0. The Kier molecular flexibility index (Phi) is 4.13. The van der Waals surface area contributed by atoms with Crippen LogP contribution in [-0.2, 0) is 16.1 Å². The Morgan fingerprint density at radius 1 is 1.45 bits per heavy atom.